The van der Waals surface area contributed by atoms with Crippen molar-refractivity contribution < 1.29 is 5.21 Å². The number of nitrogens with two attached hydrogens (primary N) is 1. The monoisotopic (exact) mass is 207 g/mol. The second-order valence-corrected chi connectivity index (χ2v) is 3.26. The fourth-order valence-electron chi connectivity index (χ4n) is 1.41. The number of anilines is 1. The summed E-state index contributed by atoms with van der Waals surface area (Å²) in [5.74, 6) is 0.268. The van der Waals surface area contributed by atoms with E-state index in [2.05, 4.69) is 29.1 Å². The fraction of sp³-hybridized carbons (Fsp3) is 0.364. The minimum atomic E-state index is 0.268. The smallest absolute Gasteiger partial charge is 0.140 e. The number of hydrogen-bond acceptors (Lipinski definition) is 3. The average Bonchev–Trinajstić information content (AvgIpc) is 2.31. The van der Waals surface area contributed by atoms with Crippen LogP contribution in [-0.4, -0.2) is 24.1 Å². The van der Waals surface area contributed by atoms with Crippen molar-refractivity contribution in [2.24, 2.45) is 10.9 Å². The molecule has 1 rings (SSSR count). The van der Waals surface area contributed by atoms with Gasteiger partial charge in [-0.3, -0.25) is 0 Å². The van der Waals surface area contributed by atoms with Crippen LogP contribution in [0.3, 0.4) is 0 Å². The van der Waals surface area contributed by atoms with E-state index in [0.717, 1.165) is 18.8 Å². The number of rotatable bonds is 5. The lowest BCUT2D eigenvalue weighted by molar-refractivity contribution is 0.317. The lowest BCUT2D eigenvalue weighted by Crippen LogP contribution is -2.27. The highest BCUT2D eigenvalue weighted by molar-refractivity contribution is 5.80. The van der Waals surface area contributed by atoms with Crippen molar-refractivity contribution in [2.45, 2.75) is 13.3 Å². The van der Waals surface area contributed by atoms with Gasteiger partial charge in [-0.15, -0.1) is 0 Å². The molecule has 0 atom stereocenters. The average molecular weight is 207 g/mol. The van der Waals surface area contributed by atoms with Gasteiger partial charge in [0.05, 0.1) is 0 Å². The Hall–Kier alpha value is -1.71. The van der Waals surface area contributed by atoms with Gasteiger partial charge in [0.25, 0.3) is 0 Å². The first kappa shape index (κ1) is 11.4. The maximum Gasteiger partial charge on any atom is 0.140 e. The molecular weight excluding hydrogens is 190 g/mol. The summed E-state index contributed by atoms with van der Waals surface area (Å²) in [6.45, 7) is 3.75. The van der Waals surface area contributed by atoms with E-state index in [9.17, 15) is 0 Å². The van der Waals surface area contributed by atoms with Crippen molar-refractivity contribution in [3.05, 3.63) is 30.3 Å². The highest BCUT2D eigenvalue weighted by Gasteiger charge is 2.04. The summed E-state index contributed by atoms with van der Waals surface area (Å²) < 4.78 is 0. The zero-order chi connectivity index (χ0) is 11.1. The van der Waals surface area contributed by atoms with Crippen LogP contribution in [0.25, 0.3) is 0 Å². The second-order valence-electron chi connectivity index (χ2n) is 3.26. The first-order valence-corrected chi connectivity index (χ1v) is 5.04. The minimum absolute atomic E-state index is 0.268. The lowest BCUT2D eigenvalue weighted by Gasteiger charge is -2.22. The molecule has 0 aliphatic heterocycles. The molecule has 1 aromatic rings. The van der Waals surface area contributed by atoms with Crippen LogP contribution < -0.4 is 10.6 Å². The molecule has 0 aromatic heterocycles. The summed E-state index contributed by atoms with van der Waals surface area (Å²) >= 11 is 0. The fourth-order valence-corrected chi connectivity index (χ4v) is 1.41. The van der Waals surface area contributed by atoms with Crippen LogP contribution in [0.5, 0.6) is 0 Å². The minimum Gasteiger partial charge on any atom is -0.409 e. The Labute approximate surface area is 90.0 Å². The molecule has 0 unspecified atom stereocenters. The predicted octanol–water partition coefficient (Wildman–Crippen LogP) is 1.65. The molecule has 0 aliphatic rings. The van der Waals surface area contributed by atoms with Crippen molar-refractivity contribution in [1.29, 1.82) is 0 Å². The van der Waals surface area contributed by atoms with Gasteiger partial charge in [0, 0.05) is 25.2 Å². The molecule has 0 bridgehead atoms. The third kappa shape index (κ3) is 3.50. The van der Waals surface area contributed by atoms with Gasteiger partial charge in [0.2, 0.25) is 0 Å². The van der Waals surface area contributed by atoms with Crippen molar-refractivity contribution in [2.75, 3.05) is 18.0 Å². The molecule has 4 nitrogen and oxygen atoms in total. The van der Waals surface area contributed by atoms with Crippen LogP contribution >= 0.6 is 0 Å². The Morgan fingerprint density at radius 3 is 2.60 bits per heavy atom. The van der Waals surface area contributed by atoms with Crippen molar-refractivity contribution in [3.8, 4) is 0 Å². The van der Waals surface area contributed by atoms with Crippen LogP contribution in [0, 0.1) is 0 Å². The van der Waals surface area contributed by atoms with E-state index in [1.165, 1.54) is 0 Å². The molecule has 0 amide bonds. The number of oxime groups is 1. The van der Waals surface area contributed by atoms with E-state index in [1.807, 2.05) is 18.2 Å². The van der Waals surface area contributed by atoms with E-state index in [0.29, 0.717) is 6.42 Å². The van der Waals surface area contributed by atoms with Gasteiger partial charge in [-0.2, -0.15) is 0 Å². The molecule has 4 heteroatoms. The Balaban J connectivity index is 2.57. The zero-order valence-corrected chi connectivity index (χ0v) is 8.93. The van der Waals surface area contributed by atoms with Gasteiger partial charge in [-0.1, -0.05) is 23.4 Å². The van der Waals surface area contributed by atoms with Crippen LogP contribution in [-0.2, 0) is 0 Å². The molecule has 0 aliphatic carbocycles. The molecule has 0 saturated carbocycles. The van der Waals surface area contributed by atoms with Gasteiger partial charge < -0.3 is 15.8 Å². The largest absolute Gasteiger partial charge is 0.409 e. The normalized spacial score (nSPS) is 11.4. The number of amidine groups is 1. The highest BCUT2D eigenvalue weighted by Crippen LogP contribution is 2.12. The topological polar surface area (TPSA) is 61.8 Å². The second kappa shape index (κ2) is 5.90. The highest BCUT2D eigenvalue weighted by atomic mass is 16.4. The van der Waals surface area contributed by atoms with E-state index in [-0.39, 0.29) is 5.84 Å². The van der Waals surface area contributed by atoms with Gasteiger partial charge in [-0.05, 0) is 19.1 Å². The summed E-state index contributed by atoms with van der Waals surface area (Å²) in [5, 5.41) is 11.4. The Kier molecular flexibility index (Phi) is 4.47. The lowest BCUT2D eigenvalue weighted by atomic mass is 10.2. The van der Waals surface area contributed by atoms with Gasteiger partial charge >= 0.3 is 0 Å². The Morgan fingerprint density at radius 2 is 2.07 bits per heavy atom. The summed E-state index contributed by atoms with van der Waals surface area (Å²) in [6, 6.07) is 10.1. The van der Waals surface area contributed by atoms with Crippen LogP contribution in [0.4, 0.5) is 5.69 Å². The molecule has 15 heavy (non-hydrogen) atoms. The molecule has 0 fully saturated rings. The van der Waals surface area contributed by atoms with E-state index in [1.54, 1.807) is 0 Å². The van der Waals surface area contributed by atoms with Crippen LogP contribution in [0.1, 0.15) is 13.3 Å². The number of hydrogen-bond donors (Lipinski definition) is 2. The first-order chi connectivity index (χ1) is 7.27. The van der Waals surface area contributed by atoms with Gasteiger partial charge in [0.15, 0.2) is 0 Å². The number of nitrogens with zero attached hydrogens (tertiary/aromatic N) is 2. The third-order valence-corrected chi connectivity index (χ3v) is 2.27. The summed E-state index contributed by atoms with van der Waals surface area (Å²) in [7, 11) is 0. The van der Waals surface area contributed by atoms with Gasteiger partial charge in [0.1, 0.15) is 5.84 Å². The molecule has 82 valence electrons. The van der Waals surface area contributed by atoms with Crippen molar-refractivity contribution in [3.63, 3.8) is 0 Å². The molecule has 0 spiro atoms. The molecule has 0 heterocycles. The van der Waals surface area contributed by atoms with Crippen molar-refractivity contribution >= 4 is 11.5 Å². The van der Waals surface area contributed by atoms with E-state index in [4.69, 9.17) is 10.9 Å². The Bertz CT molecular complexity index is 311. The third-order valence-electron chi connectivity index (χ3n) is 2.27. The summed E-state index contributed by atoms with van der Waals surface area (Å²) in [5.41, 5.74) is 6.59. The van der Waals surface area contributed by atoms with Gasteiger partial charge in [-0.25, -0.2) is 0 Å². The standard InChI is InChI=1S/C11H17N3O/c1-2-14(9-8-11(12)13-15)10-6-4-3-5-7-10/h3-7,15H,2,8-9H2,1H3,(H2,12,13). The number of para-hydroxylation sites is 1. The SMILES string of the molecule is CCN(CC/C(N)=N\O)c1ccccc1. The molecule has 3 N–H and O–H groups in total. The molecule has 0 radical (unpaired) electrons. The van der Waals surface area contributed by atoms with Crippen LogP contribution in [0.2, 0.25) is 0 Å². The molecule has 1 aromatic carbocycles. The molecular formula is C11H17N3O. The van der Waals surface area contributed by atoms with E-state index >= 15 is 0 Å². The number of benzene rings is 1. The summed E-state index contributed by atoms with van der Waals surface area (Å²) in [4.78, 5) is 2.18. The maximum atomic E-state index is 8.44. The first-order valence-electron chi connectivity index (χ1n) is 5.04. The zero-order valence-electron chi connectivity index (χ0n) is 8.93. The van der Waals surface area contributed by atoms with Crippen molar-refractivity contribution in [1.82, 2.24) is 0 Å². The maximum absolute atomic E-state index is 8.44. The summed E-state index contributed by atoms with van der Waals surface area (Å²) in [6.07, 6.45) is 0.569. The van der Waals surface area contributed by atoms with Crippen LogP contribution in [0.15, 0.2) is 35.5 Å². The Morgan fingerprint density at radius 1 is 1.40 bits per heavy atom. The van der Waals surface area contributed by atoms with E-state index < -0.39 is 0 Å². The predicted molar refractivity (Wildman–Crippen MR) is 62.4 cm³/mol. The quantitative estimate of drug-likeness (QED) is 0.334. The molecule has 0 saturated heterocycles.